The maximum Gasteiger partial charge on any atom is 0.151 e. The van der Waals surface area contributed by atoms with Crippen LogP contribution >= 0.6 is 0 Å². The van der Waals surface area contributed by atoms with Gasteiger partial charge in [0.1, 0.15) is 0 Å². The van der Waals surface area contributed by atoms with Crippen LogP contribution in [0.4, 0.5) is 0 Å². The van der Waals surface area contributed by atoms with Crippen molar-refractivity contribution in [2.24, 2.45) is 0 Å². The van der Waals surface area contributed by atoms with E-state index in [1.165, 1.54) is 32.1 Å². The van der Waals surface area contributed by atoms with Crippen LogP contribution in [0, 0.1) is 0 Å². The zero-order valence-electron chi connectivity index (χ0n) is 11.1. The summed E-state index contributed by atoms with van der Waals surface area (Å²) < 4.78 is 28.8. The van der Waals surface area contributed by atoms with Crippen LogP contribution in [0.5, 0.6) is 0 Å². The molecular weight excluding hydrogens is 250 g/mol. The topological polar surface area (TPSA) is 55.4 Å². The molecule has 0 aromatic carbocycles. The lowest BCUT2D eigenvalue weighted by atomic mass is 9.98. The van der Waals surface area contributed by atoms with E-state index >= 15 is 0 Å². The molecule has 2 fully saturated rings. The molecule has 1 aliphatic heterocycles. The molecule has 1 heterocycles. The van der Waals surface area contributed by atoms with E-state index < -0.39 is 9.84 Å². The lowest BCUT2D eigenvalue weighted by Gasteiger charge is -2.25. The van der Waals surface area contributed by atoms with Crippen molar-refractivity contribution in [1.82, 2.24) is 5.32 Å². The molecule has 1 N–H and O–H groups in total. The van der Waals surface area contributed by atoms with Crippen LogP contribution in [0.2, 0.25) is 0 Å². The molecule has 0 radical (unpaired) electrons. The quantitative estimate of drug-likeness (QED) is 0.773. The summed E-state index contributed by atoms with van der Waals surface area (Å²) in [5.74, 6) is 0.667. The number of ether oxygens (including phenoxy) is 1. The van der Waals surface area contributed by atoms with E-state index in [9.17, 15) is 8.42 Å². The fraction of sp³-hybridized carbons (Fsp3) is 1.00. The summed E-state index contributed by atoms with van der Waals surface area (Å²) in [7, 11) is -2.79. The third-order valence-corrected chi connectivity index (χ3v) is 5.72. The van der Waals surface area contributed by atoms with Gasteiger partial charge in [-0.15, -0.1) is 0 Å². The first-order valence-corrected chi connectivity index (χ1v) is 9.03. The van der Waals surface area contributed by atoms with Crippen molar-refractivity contribution in [3.63, 3.8) is 0 Å². The van der Waals surface area contributed by atoms with Gasteiger partial charge in [-0.05, 0) is 25.7 Å². The highest BCUT2D eigenvalue weighted by atomic mass is 32.2. The van der Waals surface area contributed by atoms with E-state index in [1.54, 1.807) is 0 Å². The first kappa shape index (κ1) is 14.3. The highest BCUT2D eigenvalue weighted by Crippen LogP contribution is 2.20. The van der Waals surface area contributed by atoms with Crippen LogP contribution in [-0.4, -0.2) is 45.2 Å². The summed E-state index contributed by atoms with van der Waals surface area (Å²) >= 11 is 0. The predicted molar refractivity (Wildman–Crippen MR) is 72.5 cm³/mol. The molecule has 0 bridgehead atoms. The zero-order valence-corrected chi connectivity index (χ0v) is 11.9. The predicted octanol–water partition coefficient (Wildman–Crippen LogP) is 1.50. The second-order valence-electron chi connectivity index (χ2n) is 5.54. The van der Waals surface area contributed by atoms with Crippen LogP contribution < -0.4 is 5.32 Å². The first-order valence-electron chi connectivity index (χ1n) is 7.21. The van der Waals surface area contributed by atoms with Gasteiger partial charge in [-0.1, -0.05) is 19.3 Å². The van der Waals surface area contributed by atoms with E-state index in [2.05, 4.69) is 5.32 Å². The molecule has 1 saturated carbocycles. The Morgan fingerprint density at radius 2 is 1.83 bits per heavy atom. The normalized spacial score (nSPS) is 29.2. The molecule has 1 aliphatic carbocycles. The van der Waals surface area contributed by atoms with Gasteiger partial charge in [-0.25, -0.2) is 8.42 Å². The molecule has 4 nitrogen and oxygen atoms in total. The molecule has 5 heteroatoms. The van der Waals surface area contributed by atoms with Gasteiger partial charge in [-0.2, -0.15) is 0 Å². The van der Waals surface area contributed by atoms with Crippen molar-refractivity contribution in [3.8, 4) is 0 Å². The van der Waals surface area contributed by atoms with Crippen molar-refractivity contribution >= 4 is 9.84 Å². The molecule has 1 unspecified atom stereocenters. The fourth-order valence-electron chi connectivity index (χ4n) is 2.90. The van der Waals surface area contributed by atoms with Gasteiger partial charge in [0.25, 0.3) is 0 Å². The highest BCUT2D eigenvalue weighted by Gasteiger charge is 2.24. The minimum absolute atomic E-state index is 0.138. The average molecular weight is 275 g/mol. The third-order valence-electron chi connectivity index (χ3n) is 3.90. The Balaban J connectivity index is 1.57. The number of sulfone groups is 1. The Kier molecular flexibility index (Phi) is 5.45. The Hall–Kier alpha value is -0.130. The minimum Gasteiger partial charge on any atom is -0.377 e. The second kappa shape index (κ2) is 6.87. The largest absolute Gasteiger partial charge is 0.377 e. The van der Waals surface area contributed by atoms with Crippen LogP contribution in [0.15, 0.2) is 0 Å². The van der Waals surface area contributed by atoms with Crippen molar-refractivity contribution < 1.29 is 13.2 Å². The molecule has 1 saturated heterocycles. The molecule has 0 spiro atoms. The van der Waals surface area contributed by atoms with E-state index in [0.29, 0.717) is 24.2 Å². The fourth-order valence-corrected chi connectivity index (χ4v) is 4.57. The molecule has 2 aliphatic rings. The summed E-state index contributed by atoms with van der Waals surface area (Å²) in [6, 6.07) is 0.138. The minimum atomic E-state index is -2.79. The van der Waals surface area contributed by atoms with Gasteiger partial charge in [0.2, 0.25) is 0 Å². The molecule has 0 aromatic rings. The molecular formula is C13H25NO3S. The maximum absolute atomic E-state index is 11.5. The van der Waals surface area contributed by atoms with E-state index in [0.717, 1.165) is 19.4 Å². The lowest BCUT2D eigenvalue weighted by Crippen LogP contribution is -2.41. The standard InChI is InChI=1S/C13H25NO3S/c15-18(16)10-4-5-12(11-18)14-8-9-17-13-6-2-1-3-7-13/h12-14H,1-11H2. The highest BCUT2D eigenvalue weighted by molar-refractivity contribution is 7.91. The number of hydrogen-bond donors (Lipinski definition) is 1. The molecule has 0 aromatic heterocycles. The lowest BCUT2D eigenvalue weighted by molar-refractivity contribution is 0.0294. The summed E-state index contributed by atoms with van der Waals surface area (Å²) in [5, 5.41) is 3.31. The molecule has 2 rings (SSSR count). The molecule has 106 valence electrons. The number of rotatable bonds is 5. The van der Waals surface area contributed by atoms with Crippen LogP contribution in [-0.2, 0) is 14.6 Å². The van der Waals surface area contributed by atoms with Gasteiger partial charge >= 0.3 is 0 Å². The van der Waals surface area contributed by atoms with Gasteiger partial charge in [0, 0.05) is 12.6 Å². The third kappa shape index (κ3) is 4.86. The number of nitrogens with one attached hydrogen (secondary N) is 1. The maximum atomic E-state index is 11.5. The van der Waals surface area contributed by atoms with E-state index in [1.807, 2.05) is 0 Å². The smallest absolute Gasteiger partial charge is 0.151 e. The molecule has 0 amide bonds. The Labute approximate surface area is 110 Å². The Bertz CT molecular complexity index is 336. The van der Waals surface area contributed by atoms with Crippen LogP contribution in [0.1, 0.15) is 44.9 Å². The van der Waals surface area contributed by atoms with E-state index in [-0.39, 0.29) is 6.04 Å². The summed E-state index contributed by atoms with van der Waals surface area (Å²) in [4.78, 5) is 0. The second-order valence-corrected chi connectivity index (χ2v) is 7.77. The van der Waals surface area contributed by atoms with Crippen LogP contribution in [0.3, 0.4) is 0 Å². The van der Waals surface area contributed by atoms with Gasteiger partial charge in [0.15, 0.2) is 9.84 Å². The summed E-state index contributed by atoms with van der Waals surface area (Å²) in [5.41, 5.74) is 0. The molecule has 18 heavy (non-hydrogen) atoms. The Morgan fingerprint density at radius 1 is 1.06 bits per heavy atom. The molecule has 1 atom stereocenters. The van der Waals surface area contributed by atoms with Crippen molar-refractivity contribution in [2.75, 3.05) is 24.7 Å². The van der Waals surface area contributed by atoms with Gasteiger partial charge < -0.3 is 10.1 Å². The van der Waals surface area contributed by atoms with Crippen LogP contribution in [0.25, 0.3) is 0 Å². The van der Waals surface area contributed by atoms with Gasteiger partial charge in [-0.3, -0.25) is 0 Å². The number of hydrogen-bond acceptors (Lipinski definition) is 4. The summed E-state index contributed by atoms with van der Waals surface area (Å²) in [6.45, 7) is 1.48. The van der Waals surface area contributed by atoms with E-state index in [4.69, 9.17) is 4.74 Å². The SMILES string of the molecule is O=S1(=O)CCCC(NCCOC2CCCCC2)C1. The average Bonchev–Trinajstić information content (AvgIpc) is 2.35. The van der Waals surface area contributed by atoms with Crippen molar-refractivity contribution in [3.05, 3.63) is 0 Å². The summed E-state index contributed by atoms with van der Waals surface area (Å²) in [6.07, 6.45) is 8.52. The van der Waals surface area contributed by atoms with Gasteiger partial charge in [0.05, 0.1) is 24.2 Å². The Morgan fingerprint density at radius 3 is 2.56 bits per heavy atom. The monoisotopic (exact) mass is 275 g/mol. The van der Waals surface area contributed by atoms with Crippen molar-refractivity contribution in [1.29, 1.82) is 0 Å². The zero-order chi connectivity index (χ0) is 12.8. The van der Waals surface area contributed by atoms with Crippen molar-refractivity contribution in [2.45, 2.75) is 57.1 Å². The first-order chi connectivity index (χ1) is 8.66.